The second-order valence-corrected chi connectivity index (χ2v) is 7.80. The molecule has 1 saturated heterocycles. The fourth-order valence-electron chi connectivity index (χ4n) is 3.82. The topological polar surface area (TPSA) is 57.7 Å². The van der Waals surface area contributed by atoms with Gasteiger partial charge in [0.15, 0.2) is 0 Å². The Hall–Kier alpha value is -3.45. The molecule has 0 aliphatic carbocycles. The van der Waals surface area contributed by atoms with Crippen molar-refractivity contribution in [2.45, 2.75) is 13.0 Å². The van der Waals surface area contributed by atoms with Crippen molar-refractivity contribution in [2.75, 3.05) is 43.5 Å². The lowest BCUT2D eigenvalue weighted by molar-refractivity contribution is 0.102. The highest BCUT2D eigenvalue weighted by molar-refractivity contribution is 6.04. The number of carbonyl (C=O) groups excluding carboxylic acids is 1. The number of carbonyl (C=O) groups is 1. The Morgan fingerprint density at radius 3 is 2.56 bits per heavy atom. The number of amides is 1. The van der Waals surface area contributed by atoms with Gasteiger partial charge in [0, 0.05) is 43.9 Å². The van der Waals surface area contributed by atoms with Crippen molar-refractivity contribution in [2.24, 2.45) is 0 Å². The summed E-state index contributed by atoms with van der Waals surface area (Å²) in [7, 11) is 1.59. The van der Waals surface area contributed by atoms with Crippen LogP contribution < -0.4 is 15.0 Å². The monoisotopic (exact) mass is 434 g/mol. The molecule has 1 aliphatic rings. The lowest BCUT2D eigenvalue weighted by Crippen LogP contribution is -2.31. The minimum Gasteiger partial charge on any atom is -0.497 e. The highest BCUT2D eigenvalue weighted by Gasteiger charge is 2.17. The minimum absolute atomic E-state index is 0.150. The SMILES string of the molecule is COc1ccc(C(=O)Nc2ccc(N3CCCN(Cc4ccccc4F)CC3)nc2)cc1. The lowest BCUT2D eigenvalue weighted by Gasteiger charge is -2.23. The van der Waals surface area contributed by atoms with Gasteiger partial charge in [-0.3, -0.25) is 9.69 Å². The van der Waals surface area contributed by atoms with Crippen molar-refractivity contribution in [3.63, 3.8) is 0 Å². The van der Waals surface area contributed by atoms with Crippen LogP contribution in [0.3, 0.4) is 0 Å². The van der Waals surface area contributed by atoms with Crippen molar-refractivity contribution < 1.29 is 13.9 Å². The molecule has 1 aliphatic heterocycles. The lowest BCUT2D eigenvalue weighted by atomic mass is 10.2. The van der Waals surface area contributed by atoms with Gasteiger partial charge in [0.1, 0.15) is 17.4 Å². The molecule has 7 heteroatoms. The van der Waals surface area contributed by atoms with Crippen LogP contribution in [-0.2, 0) is 6.54 Å². The summed E-state index contributed by atoms with van der Waals surface area (Å²) in [4.78, 5) is 21.5. The van der Waals surface area contributed by atoms with Gasteiger partial charge in [-0.1, -0.05) is 18.2 Å². The first-order valence-corrected chi connectivity index (χ1v) is 10.7. The first kappa shape index (κ1) is 21.8. The molecule has 0 atom stereocenters. The summed E-state index contributed by atoms with van der Waals surface area (Å²) in [5.74, 6) is 1.24. The summed E-state index contributed by atoms with van der Waals surface area (Å²) < 4.78 is 19.1. The van der Waals surface area contributed by atoms with E-state index in [1.54, 1.807) is 43.6 Å². The maximum atomic E-state index is 14.0. The maximum absolute atomic E-state index is 14.0. The molecule has 166 valence electrons. The first-order chi connectivity index (χ1) is 15.6. The smallest absolute Gasteiger partial charge is 0.255 e. The van der Waals surface area contributed by atoms with Crippen LogP contribution in [0.4, 0.5) is 15.9 Å². The zero-order valence-corrected chi connectivity index (χ0v) is 18.1. The molecule has 0 unspecified atom stereocenters. The predicted molar refractivity (Wildman–Crippen MR) is 124 cm³/mol. The van der Waals surface area contributed by atoms with Crippen molar-refractivity contribution in [3.05, 3.63) is 83.8 Å². The van der Waals surface area contributed by atoms with Gasteiger partial charge in [-0.25, -0.2) is 9.37 Å². The molecular weight excluding hydrogens is 407 g/mol. The van der Waals surface area contributed by atoms with E-state index in [9.17, 15) is 9.18 Å². The number of halogens is 1. The van der Waals surface area contributed by atoms with Gasteiger partial charge in [-0.05, 0) is 48.9 Å². The van der Waals surface area contributed by atoms with E-state index in [1.807, 2.05) is 24.3 Å². The van der Waals surface area contributed by atoms with E-state index in [0.29, 0.717) is 23.5 Å². The summed E-state index contributed by atoms with van der Waals surface area (Å²) in [5.41, 5.74) is 1.93. The third-order valence-corrected chi connectivity index (χ3v) is 5.62. The Kier molecular flexibility index (Phi) is 6.97. The van der Waals surface area contributed by atoms with Crippen LogP contribution in [0.5, 0.6) is 5.75 Å². The number of nitrogens with one attached hydrogen (secondary N) is 1. The molecule has 0 radical (unpaired) electrons. The van der Waals surface area contributed by atoms with E-state index in [0.717, 1.165) is 44.0 Å². The molecule has 32 heavy (non-hydrogen) atoms. The van der Waals surface area contributed by atoms with E-state index in [1.165, 1.54) is 6.07 Å². The minimum atomic E-state index is -0.194. The number of aromatic nitrogens is 1. The van der Waals surface area contributed by atoms with E-state index >= 15 is 0 Å². The number of rotatable bonds is 6. The zero-order valence-electron chi connectivity index (χ0n) is 18.1. The highest BCUT2D eigenvalue weighted by Crippen LogP contribution is 2.19. The molecule has 2 aromatic carbocycles. The molecule has 2 heterocycles. The molecule has 0 bridgehead atoms. The Bertz CT molecular complexity index is 1040. The molecule has 1 N–H and O–H groups in total. The van der Waals surface area contributed by atoms with Crippen molar-refractivity contribution >= 4 is 17.4 Å². The van der Waals surface area contributed by atoms with Gasteiger partial charge >= 0.3 is 0 Å². The normalized spacial score (nSPS) is 14.6. The fraction of sp³-hybridized carbons (Fsp3) is 0.280. The second kappa shape index (κ2) is 10.2. The fourth-order valence-corrected chi connectivity index (χ4v) is 3.82. The summed E-state index contributed by atoms with van der Waals surface area (Å²) in [6.07, 6.45) is 2.66. The van der Waals surface area contributed by atoms with Crippen molar-refractivity contribution in [1.29, 1.82) is 0 Å². The average molecular weight is 435 g/mol. The molecule has 0 saturated carbocycles. The summed E-state index contributed by atoms with van der Waals surface area (Å²) in [5, 5.41) is 2.87. The van der Waals surface area contributed by atoms with Crippen LogP contribution in [0, 0.1) is 5.82 Å². The molecule has 4 rings (SSSR count). The number of methoxy groups -OCH3 is 1. The quantitative estimate of drug-likeness (QED) is 0.630. The molecule has 0 spiro atoms. The molecule has 1 fully saturated rings. The summed E-state index contributed by atoms with van der Waals surface area (Å²) in [6, 6.07) is 17.7. The standard InChI is InChI=1S/C25H27FN4O2/c1-32-22-10-7-19(8-11-22)25(31)28-21-9-12-24(27-17-21)30-14-4-13-29(15-16-30)18-20-5-2-3-6-23(20)26/h2-3,5-12,17H,4,13-16,18H2,1H3,(H,28,31). The van der Waals surface area contributed by atoms with Gasteiger partial charge in [0.25, 0.3) is 5.91 Å². The molecule has 3 aromatic rings. The second-order valence-electron chi connectivity index (χ2n) is 7.80. The Labute approximate surface area is 187 Å². The van der Waals surface area contributed by atoms with Gasteiger partial charge in [0.2, 0.25) is 0 Å². The van der Waals surface area contributed by atoms with E-state index in [4.69, 9.17) is 4.74 Å². The number of nitrogens with zero attached hydrogens (tertiary/aromatic N) is 3. The Balaban J connectivity index is 1.33. The van der Waals surface area contributed by atoms with Crippen LogP contribution in [-0.4, -0.2) is 49.1 Å². The van der Waals surface area contributed by atoms with Crippen molar-refractivity contribution in [1.82, 2.24) is 9.88 Å². The number of benzene rings is 2. The highest BCUT2D eigenvalue weighted by atomic mass is 19.1. The van der Waals surface area contributed by atoms with Crippen LogP contribution >= 0.6 is 0 Å². The largest absolute Gasteiger partial charge is 0.497 e. The maximum Gasteiger partial charge on any atom is 0.255 e. The van der Waals surface area contributed by atoms with Crippen LogP contribution in [0.1, 0.15) is 22.3 Å². The Morgan fingerprint density at radius 1 is 1.03 bits per heavy atom. The number of pyridine rings is 1. The van der Waals surface area contributed by atoms with E-state index < -0.39 is 0 Å². The van der Waals surface area contributed by atoms with Gasteiger partial charge in [-0.15, -0.1) is 0 Å². The molecule has 1 amide bonds. The van der Waals surface area contributed by atoms with Gasteiger partial charge in [0.05, 0.1) is 19.0 Å². The van der Waals surface area contributed by atoms with Crippen LogP contribution in [0.25, 0.3) is 0 Å². The Morgan fingerprint density at radius 2 is 1.84 bits per heavy atom. The third-order valence-electron chi connectivity index (χ3n) is 5.62. The number of hydrogen-bond acceptors (Lipinski definition) is 5. The van der Waals surface area contributed by atoms with Crippen LogP contribution in [0.15, 0.2) is 66.9 Å². The predicted octanol–water partition coefficient (Wildman–Crippen LogP) is 4.19. The van der Waals surface area contributed by atoms with E-state index in [2.05, 4.69) is 20.1 Å². The summed E-state index contributed by atoms with van der Waals surface area (Å²) >= 11 is 0. The summed E-state index contributed by atoms with van der Waals surface area (Å²) in [6.45, 7) is 4.08. The number of hydrogen-bond donors (Lipinski definition) is 1. The molecule has 6 nitrogen and oxygen atoms in total. The van der Waals surface area contributed by atoms with E-state index in [-0.39, 0.29) is 11.7 Å². The molecular formula is C25H27FN4O2. The van der Waals surface area contributed by atoms with Crippen LogP contribution in [0.2, 0.25) is 0 Å². The average Bonchev–Trinajstić information content (AvgIpc) is 3.07. The third kappa shape index (κ3) is 5.42. The van der Waals surface area contributed by atoms with Gasteiger partial charge in [-0.2, -0.15) is 0 Å². The number of ether oxygens (including phenoxy) is 1. The van der Waals surface area contributed by atoms with Crippen molar-refractivity contribution in [3.8, 4) is 5.75 Å². The molecule has 1 aromatic heterocycles. The first-order valence-electron chi connectivity index (χ1n) is 10.7. The van der Waals surface area contributed by atoms with Gasteiger partial charge < -0.3 is 15.0 Å². The zero-order chi connectivity index (χ0) is 22.3. The number of anilines is 2.